The Hall–Kier alpha value is -3.27. The second-order valence-corrected chi connectivity index (χ2v) is 13.8. The molecule has 7 nitrogen and oxygen atoms in total. The summed E-state index contributed by atoms with van der Waals surface area (Å²) < 4.78 is 38.5. The summed E-state index contributed by atoms with van der Waals surface area (Å²) in [4.78, 5) is 14.3. The number of benzene rings is 3. The van der Waals surface area contributed by atoms with E-state index in [0.29, 0.717) is 41.2 Å². The number of phenolic OH excluding ortho intramolecular Hbond substituents is 1. The molecule has 4 aliphatic rings. The van der Waals surface area contributed by atoms with Gasteiger partial charge in [0.15, 0.2) is 5.82 Å². The summed E-state index contributed by atoms with van der Waals surface area (Å²) in [6, 6.07) is 9.96. The van der Waals surface area contributed by atoms with Crippen molar-refractivity contribution in [3.8, 4) is 22.9 Å². The van der Waals surface area contributed by atoms with Crippen molar-refractivity contribution in [3.63, 3.8) is 0 Å². The fourth-order valence-corrected chi connectivity index (χ4v) is 8.73. The van der Waals surface area contributed by atoms with Crippen LogP contribution in [-0.2, 0) is 0 Å². The van der Waals surface area contributed by atoms with Crippen LogP contribution in [0.5, 0.6) is 11.8 Å². The van der Waals surface area contributed by atoms with E-state index in [-0.39, 0.29) is 44.4 Å². The summed E-state index contributed by atoms with van der Waals surface area (Å²) in [6.45, 7) is 6.34. The molecule has 4 aliphatic heterocycles. The highest BCUT2D eigenvalue weighted by Gasteiger charge is 2.48. The van der Waals surface area contributed by atoms with Crippen LogP contribution in [0.1, 0.15) is 45.4 Å². The second-order valence-electron chi connectivity index (χ2n) is 13.3. The molecule has 2 N–H and O–H groups in total. The van der Waals surface area contributed by atoms with E-state index in [1.54, 1.807) is 18.2 Å². The monoisotopic (exact) mass is 619 g/mol. The van der Waals surface area contributed by atoms with Crippen molar-refractivity contribution in [2.45, 2.75) is 63.1 Å². The van der Waals surface area contributed by atoms with E-state index in [1.165, 1.54) is 18.2 Å². The molecule has 0 amide bonds. The number of halogens is 3. The maximum absolute atomic E-state index is 16.9. The lowest BCUT2D eigenvalue weighted by molar-refractivity contribution is 0.107. The standard InChI is InChI=1S/C34H36ClF2N5O2/c1-19-15-34(9-3-10-42(34)16-19)18-44-33-39-31-25(32(40-33)41-11-8-21-6-7-22(17-41)38-21)14-26(35)29(30(31)37)24-13-23(43)12-20-4-2-5-27(36)28(20)24/h2,4-5,12-14,19,21-22,38,43H,3,6-11,15-18H2,1H3/t19-,21-,22+,34+/m1/s1. The van der Waals surface area contributed by atoms with Gasteiger partial charge in [-0.25, -0.2) is 8.78 Å². The molecule has 3 aromatic carbocycles. The number of rotatable bonds is 5. The molecule has 4 saturated heterocycles. The molecule has 4 aromatic rings. The third-order valence-electron chi connectivity index (χ3n) is 10.3. The quantitative estimate of drug-likeness (QED) is 0.258. The van der Waals surface area contributed by atoms with Crippen molar-refractivity contribution in [2.75, 3.05) is 37.7 Å². The van der Waals surface area contributed by atoms with E-state index in [4.69, 9.17) is 21.3 Å². The average molecular weight is 620 g/mol. The minimum absolute atomic E-state index is 0.0115. The van der Waals surface area contributed by atoms with Gasteiger partial charge in [-0.1, -0.05) is 30.7 Å². The van der Waals surface area contributed by atoms with Crippen LogP contribution in [0.4, 0.5) is 14.6 Å². The first kappa shape index (κ1) is 28.2. The third kappa shape index (κ3) is 4.66. The van der Waals surface area contributed by atoms with Crippen molar-refractivity contribution in [3.05, 3.63) is 53.1 Å². The highest BCUT2D eigenvalue weighted by atomic mass is 35.5. The van der Waals surface area contributed by atoms with Crippen LogP contribution in [0.3, 0.4) is 0 Å². The van der Waals surface area contributed by atoms with Crippen LogP contribution in [-0.4, -0.2) is 70.4 Å². The van der Waals surface area contributed by atoms with Gasteiger partial charge in [0.2, 0.25) is 0 Å². The number of phenols is 1. The van der Waals surface area contributed by atoms with Crippen LogP contribution in [0.15, 0.2) is 36.4 Å². The molecule has 10 heteroatoms. The van der Waals surface area contributed by atoms with E-state index >= 15 is 8.78 Å². The van der Waals surface area contributed by atoms with E-state index < -0.39 is 11.6 Å². The van der Waals surface area contributed by atoms with Gasteiger partial charge in [-0.2, -0.15) is 9.97 Å². The molecule has 2 bridgehead atoms. The zero-order valence-corrected chi connectivity index (χ0v) is 25.5. The summed E-state index contributed by atoms with van der Waals surface area (Å²) in [6.07, 6.45) is 6.44. The minimum Gasteiger partial charge on any atom is -0.508 e. The molecule has 44 heavy (non-hydrogen) atoms. The fourth-order valence-electron chi connectivity index (χ4n) is 8.43. The normalized spacial score (nSPS) is 26.9. The van der Waals surface area contributed by atoms with Gasteiger partial charge in [0, 0.05) is 53.6 Å². The van der Waals surface area contributed by atoms with Crippen LogP contribution >= 0.6 is 11.6 Å². The molecule has 0 saturated carbocycles. The van der Waals surface area contributed by atoms with Crippen molar-refractivity contribution >= 4 is 39.1 Å². The number of hydrogen-bond donors (Lipinski definition) is 2. The molecule has 5 heterocycles. The molecule has 0 aliphatic carbocycles. The second kappa shape index (κ2) is 10.7. The number of anilines is 1. The molecule has 230 valence electrons. The highest BCUT2D eigenvalue weighted by Crippen LogP contribution is 2.45. The Morgan fingerprint density at radius 3 is 2.84 bits per heavy atom. The molecule has 1 aromatic heterocycles. The first-order chi connectivity index (χ1) is 21.3. The van der Waals surface area contributed by atoms with Gasteiger partial charge in [0.05, 0.1) is 10.6 Å². The molecular formula is C34H36ClF2N5O2. The zero-order valence-electron chi connectivity index (χ0n) is 24.8. The van der Waals surface area contributed by atoms with Gasteiger partial charge in [-0.15, -0.1) is 0 Å². The number of aromatic hydroxyl groups is 1. The summed E-state index contributed by atoms with van der Waals surface area (Å²) >= 11 is 6.85. The predicted molar refractivity (Wildman–Crippen MR) is 169 cm³/mol. The number of nitrogens with zero attached hydrogens (tertiary/aromatic N) is 4. The summed E-state index contributed by atoms with van der Waals surface area (Å²) in [5, 5.41) is 15.4. The molecule has 0 unspecified atom stereocenters. The molecule has 0 spiro atoms. The van der Waals surface area contributed by atoms with Crippen molar-refractivity contribution < 1.29 is 18.6 Å². The lowest BCUT2D eigenvalue weighted by Gasteiger charge is -2.31. The Kier molecular flexibility index (Phi) is 6.84. The minimum atomic E-state index is -0.694. The molecule has 0 radical (unpaired) electrons. The van der Waals surface area contributed by atoms with Gasteiger partial charge < -0.3 is 20.1 Å². The van der Waals surface area contributed by atoms with Crippen molar-refractivity contribution in [2.24, 2.45) is 5.92 Å². The van der Waals surface area contributed by atoms with E-state index in [1.807, 2.05) is 0 Å². The Morgan fingerprint density at radius 2 is 1.95 bits per heavy atom. The van der Waals surface area contributed by atoms with Gasteiger partial charge in [0.25, 0.3) is 0 Å². The Balaban J connectivity index is 1.28. The number of nitrogens with one attached hydrogen (secondary N) is 1. The first-order valence-electron chi connectivity index (χ1n) is 15.8. The maximum Gasteiger partial charge on any atom is 0.319 e. The van der Waals surface area contributed by atoms with Gasteiger partial charge in [0.1, 0.15) is 29.5 Å². The third-order valence-corrected chi connectivity index (χ3v) is 10.6. The molecule has 4 fully saturated rings. The number of hydrogen-bond acceptors (Lipinski definition) is 7. The lowest BCUT2D eigenvalue weighted by Crippen LogP contribution is -2.43. The smallest absolute Gasteiger partial charge is 0.319 e. The van der Waals surface area contributed by atoms with Crippen LogP contribution in [0.25, 0.3) is 32.8 Å². The van der Waals surface area contributed by atoms with E-state index in [0.717, 1.165) is 64.7 Å². The molecular weight excluding hydrogens is 584 g/mol. The summed E-state index contributed by atoms with van der Waals surface area (Å²) in [7, 11) is 0. The van der Waals surface area contributed by atoms with Crippen LogP contribution < -0.4 is 15.0 Å². The zero-order chi connectivity index (χ0) is 30.2. The maximum atomic E-state index is 16.9. The summed E-state index contributed by atoms with van der Waals surface area (Å²) in [5.41, 5.74) is 0.176. The predicted octanol–water partition coefficient (Wildman–Crippen LogP) is 6.67. The molecule has 4 atom stereocenters. The van der Waals surface area contributed by atoms with Crippen molar-refractivity contribution in [1.29, 1.82) is 0 Å². The van der Waals surface area contributed by atoms with Gasteiger partial charge in [-0.3, -0.25) is 4.90 Å². The highest BCUT2D eigenvalue weighted by molar-refractivity contribution is 6.35. The molecule has 8 rings (SSSR count). The average Bonchev–Trinajstić information content (AvgIpc) is 3.62. The van der Waals surface area contributed by atoms with Gasteiger partial charge >= 0.3 is 6.01 Å². The van der Waals surface area contributed by atoms with Crippen LogP contribution in [0, 0.1) is 17.6 Å². The van der Waals surface area contributed by atoms with Crippen LogP contribution in [0.2, 0.25) is 5.02 Å². The van der Waals surface area contributed by atoms with Gasteiger partial charge in [-0.05, 0) is 80.6 Å². The topological polar surface area (TPSA) is 73.8 Å². The first-order valence-corrected chi connectivity index (χ1v) is 16.2. The fraction of sp³-hybridized carbons (Fsp3) is 0.471. The Labute approximate surface area is 260 Å². The van der Waals surface area contributed by atoms with Crippen molar-refractivity contribution in [1.82, 2.24) is 20.2 Å². The number of ether oxygens (including phenoxy) is 1. The number of fused-ring (bicyclic) bond motifs is 5. The Bertz CT molecular complexity index is 1790. The summed E-state index contributed by atoms with van der Waals surface area (Å²) in [5.74, 6) is -0.148. The Morgan fingerprint density at radius 1 is 1.09 bits per heavy atom. The number of aromatic nitrogens is 2. The lowest BCUT2D eigenvalue weighted by atomic mass is 9.92. The van der Waals surface area contributed by atoms with E-state index in [9.17, 15) is 5.11 Å². The van der Waals surface area contributed by atoms with E-state index in [2.05, 4.69) is 27.0 Å². The SMILES string of the molecule is C[C@H]1CN2CCC[C@@]2(COc2nc(N3CC[C@H]4CC[C@@H](C3)N4)c3cc(Cl)c(-c4cc(O)cc5cccc(F)c45)c(F)c3n2)C1. The largest absolute Gasteiger partial charge is 0.508 e.